The van der Waals surface area contributed by atoms with Crippen LogP contribution in [0.2, 0.25) is 0 Å². The van der Waals surface area contributed by atoms with Crippen molar-refractivity contribution in [1.29, 1.82) is 5.41 Å². The molecule has 0 atom stereocenters. The standard InChI is InChI=1S/C16H24N2O/c1-2-12-3-7-14(8-4-12)19-15-9-5-13(6-10-15)11-16(17)18/h5-6,9-10,12,14H,2-4,7-8,11H2,1H3,(H3,17,18). The van der Waals surface area contributed by atoms with Crippen LogP contribution >= 0.6 is 0 Å². The van der Waals surface area contributed by atoms with Crippen LogP contribution < -0.4 is 10.5 Å². The van der Waals surface area contributed by atoms with Gasteiger partial charge in [-0.2, -0.15) is 0 Å². The van der Waals surface area contributed by atoms with Crippen molar-refractivity contribution in [2.45, 2.75) is 51.6 Å². The van der Waals surface area contributed by atoms with E-state index < -0.39 is 0 Å². The van der Waals surface area contributed by atoms with Gasteiger partial charge in [0.15, 0.2) is 0 Å². The molecule has 1 saturated carbocycles. The van der Waals surface area contributed by atoms with Crippen molar-refractivity contribution in [1.82, 2.24) is 0 Å². The molecule has 0 amide bonds. The van der Waals surface area contributed by atoms with E-state index in [1.807, 2.05) is 24.3 Å². The minimum Gasteiger partial charge on any atom is -0.490 e. The van der Waals surface area contributed by atoms with Crippen molar-refractivity contribution in [3.05, 3.63) is 29.8 Å². The van der Waals surface area contributed by atoms with Crippen LogP contribution in [0.3, 0.4) is 0 Å². The molecule has 0 aromatic heterocycles. The van der Waals surface area contributed by atoms with Gasteiger partial charge >= 0.3 is 0 Å². The summed E-state index contributed by atoms with van der Waals surface area (Å²) in [7, 11) is 0. The summed E-state index contributed by atoms with van der Waals surface area (Å²) in [6.07, 6.45) is 7.13. The monoisotopic (exact) mass is 260 g/mol. The average Bonchev–Trinajstić information content (AvgIpc) is 2.41. The first kappa shape index (κ1) is 13.9. The highest BCUT2D eigenvalue weighted by Crippen LogP contribution is 2.29. The van der Waals surface area contributed by atoms with Gasteiger partial charge in [0.2, 0.25) is 0 Å². The fourth-order valence-electron chi connectivity index (χ4n) is 2.76. The lowest BCUT2D eigenvalue weighted by Crippen LogP contribution is -2.23. The Morgan fingerprint density at radius 1 is 1.21 bits per heavy atom. The minimum atomic E-state index is 0.201. The maximum absolute atomic E-state index is 7.27. The molecule has 19 heavy (non-hydrogen) atoms. The van der Waals surface area contributed by atoms with E-state index >= 15 is 0 Å². The van der Waals surface area contributed by atoms with Gasteiger partial charge in [0.1, 0.15) is 5.75 Å². The third-order valence-corrected chi connectivity index (χ3v) is 3.99. The molecule has 104 valence electrons. The number of nitrogens with two attached hydrogens (primary N) is 1. The summed E-state index contributed by atoms with van der Waals surface area (Å²) in [5.41, 5.74) is 6.45. The Morgan fingerprint density at radius 3 is 2.37 bits per heavy atom. The summed E-state index contributed by atoms with van der Waals surface area (Å²) in [6, 6.07) is 7.97. The van der Waals surface area contributed by atoms with E-state index in [0.717, 1.165) is 17.2 Å². The highest BCUT2D eigenvalue weighted by atomic mass is 16.5. The lowest BCUT2D eigenvalue weighted by atomic mass is 9.86. The predicted molar refractivity (Wildman–Crippen MR) is 78.7 cm³/mol. The average molecular weight is 260 g/mol. The number of hydrogen-bond acceptors (Lipinski definition) is 2. The van der Waals surface area contributed by atoms with Gasteiger partial charge in [-0.1, -0.05) is 25.5 Å². The molecule has 3 heteroatoms. The molecule has 0 spiro atoms. The van der Waals surface area contributed by atoms with Crippen molar-refractivity contribution in [2.75, 3.05) is 0 Å². The first-order valence-electron chi connectivity index (χ1n) is 7.26. The van der Waals surface area contributed by atoms with Crippen molar-refractivity contribution in [3.8, 4) is 5.75 Å². The van der Waals surface area contributed by atoms with E-state index in [4.69, 9.17) is 15.9 Å². The van der Waals surface area contributed by atoms with Gasteiger partial charge in [-0.05, 0) is 49.3 Å². The molecule has 3 N–H and O–H groups in total. The molecule has 1 aromatic rings. The van der Waals surface area contributed by atoms with Crippen LogP contribution in [-0.2, 0) is 6.42 Å². The zero-order valence-electron chi connectivity index (χ0n) is 11.7. The molecule has 0 saturated heterocycles. The second-order valence-corrected chi connectivity index (χ2v) is 5.51. The second-order valence-electron chi connectivity index (χ2n) is 5.51. The van der Waals surface area contributed by atoms with E-state index in [1.165, 1.54) is 32.1 Å². The summed E-state index contributed by atoms with van der Waals surface area (Å²) in [5, 5.41) is 7.27. The molecule has 2 rings (SSSR count). The smallest absolute Gasteiger partial charge is 0.119 e. The topological polar surface area (TPSA) is 59.1 Å². The van der Waals surface area contributed by atoms with Crippen molar-refractivity contribution < 1.29 is 4.74 Å². The summed E-state index contributed by atoms with van der Waals surface area (Å²) >= 11 is 0. The summed E-state index contributed by atoms with van der Waals surface area (Å²) < 4.78 is 6.02. The Kier molecular flexibility index (Phi) is 4.83. The fourth-order valence-corrected chi connectivity index (χ4v) is 2.76. The Balaban J connectivity index is 1.84. The van der Waals surface area contributed by atoms with Gasteiger partial charge in [0.25, 0.3) is 0 Å². The van der Waals surface area contributed by atoms with Crippen molar-refractivity contribution >= 4 is 5.84 Å². The summed E-state index contributed by atoms with van der Waals surface area (Å²) in [6.45, 7) is 2.28. The molecule has 0 radical (unpaired) electrons. The molecular weight excluding hydrogens is 236 g/mol. The van der Waals surface area contributed by atoms with Gasteiger partial charge < -0.3 is 10.5 Å². The normalized spacial score (nSPS) is 23.0. The zero-order chi connectivity index (χ0) is 13.7. The van der Waals surface area contributed by atoms with Crippen LogP contribution in [0.15, 0.2) is 24.3 Å². The van der Waals surface area contributed by atoms with E-state index in [-0.39, 0.29) is 5.84 Å². The SMILES string of the molecule is CCC1CCC(Oc2ccc(CC(=N)N)cc2)CC1. The van der Waals surface area contributed by atoms with Crippen molar-refractivity contribution in [2.24, 2.45) is 11.7 Å². The Hall–Kier alpha value is -1.51. The number of nitrogens with one attached hydrogen (secondary N) is 1. The lowest BCUT2D eigenvalue weighted by Gasteiger charge is -2.28. The number of benzene rings is 1. The number of ether oxygens (including phenoxy) is 1. The van der Waals surface area contributed by atoms with Crippen LogP contribution in [0.25, 0.3) is 0 Å². The van der Waals surface area contributed by atoms with Crippen LogP contribution in [0, 0.1) is 11.3 Å². The number of hydrogen-bond donors (Lipinski definition) is 2. The van der Waals surface area contributed by atoms with Gasteiger partial charge in [-0.3, -0.25) is 5.41 Å². The first-order valence-corrected chi connectivity index (χ1v) is 7.26. The second kappa shape index (κ2) is 6.60. The molecule has 1 aliphatic rings. The van der Waals surface area contributed by atoms with E-state index in [1.54, 1.807) is 0 Å². The Labute approximate surface area is 115 Å². The van der Waals surface area contributed by atoms with Gasteiger partial charge in [-0.25, -0.2) is 0 Å². The van der Waals surface area contributed by atoms with E-state index in [0.29, 0.717) is 12.5 Å². The third-order valence-electron chi connectivity index (χ3n) is 3.99. The largest absolute Gasteiger partial charge is 0.490 e. The van der Waals surface area contributed by atoms with Crippen LogP contribution in [0.1, 0.15) is 44.6 Å². The Morgan fingerprint density at radius 2 is 1.84 bits per heavy atom. The molecule has 0 aliphatic heterocycles. The van der Waals surface area contributed by atoms with Crippen LogP contribution in [-0.4, -0.2) is 11.9 Å². The first-order chi connectivity index (χ1) is 9.17. The summed E-state index contributed by atoms with van der Waals surface area (Å²) in [5.74, 6) is 2.04. The quantitative estimate of drug-likeness (QED) is 0.628. The van der Waals surface area contributed by atoms with Gasteiger partial charge in [-0.15, -0.1) is 0 Å². The molecule has 1 aromatic carbocycles. The molecular formula is C16H24N2O. The zero-order valence-corrected chi connectivity index (χ0v) is 11.7. The van der Waals surface area contributed by atoms with Crippen LogP contribution in [0.5, 0.6) is 5.75 Å². The molecule has 0 heterocycles. The van der Waals surface area contributed by atoms with E-state index in [2.05, 4.69) is 6.92 Å². The third kappa shape index (κ3) is 4.27. The maximum Gasteiger partial charge on any atom is 0.119 e. The maximum atomic E-state index is 7.27. The Bertz CT molecular complexity index is 405. The van der Waals surface area contributed by atoms with Crippen LogP contribution in [0.4, 0.5) is 0 Å². The number of rotatable bonds is 5. The predicted octanol–water partition coefficient (Wildman–Crippen LogP) is 3.51. The molecule has 0 unspecified atom stereocenters. The van der Waals surface area contributed by atoms with Gasteiger partial charge in [0, 0.05) is 6.42 Å². The molecule has 1 aliphatic carbocycles. The van der Waals surface area contributed by atoms with Gasteiger partial charge in [0.05, 0.1) is 11.9 Å². The highest BCUT2D eigenvalue weighted by molar-refractivity contribution is 5.79. The summed E-state index contributed by atoms with van der Waals surface area (Å²) in [4.78, 5) is 0. The van der Waals surface area contributed by atoms with Crippen molar-refractivity contribution in [3.63, 3.8) is 0 Å². The number of amidine groups is 1. The molecule has 1 fully saturated rings. The molecule has 0 bridgehead atoms. The fraction of sp³-hybridized carbons (Fsp3) is 0.562. The van der Waals surface area contributed by atoms with E-state index in [9.17, 15) is 0 Å². The minimum absolute atomic E-state index is 0.201. The highest BCUT2D eigenvalue weighted by Gasteiger charge is 2.21. The lowest BCUT2D eigenvalue weighted by molar-refractivity contribution is 0.130. The molecule has 3 nitrogen and oxygen atoms in total.